The minimum absolute atomic E-state index is 0. The number of nitrogens with zero attached hydrogens (tertiary/aromatic N) is 1. The summed E-state index contributed by atoms with van der Waals surface area (Å²) < 4.78 is 0. The molecule has 0 heterocycles. The third-order valence-electron chi connectivity index (χ3n) is 4.52. The second-order valence-corrected chi connectivity index (χ2v) is 5.55. The van der Waals surface area contributed by atoms with Gasteiger partial charge in [0.25, 0.3) is 0 Å². The van der Waals surface area contributed by atoms with Crippen molar-refractivity contribution in [1.82, 2.24) is 0 Å². The molecule has 0 spiro atoms. The maximum absolute atomic E-state index is 3.74. The van der Waals surface area contributed by atoms with Crippen LogP contribution < -0.4 is 51.4 Å². The van der Waals surface area contributed by atoms with Crippen LogP contribution in [0.3, 0.4) is 0 Å². The standard InChI is InChI=1S/C10H18.C3H8N.K/c1-7-4-5-8-6-9(7)10(8,2)3;1-3-4-2;/h7-9H,4-6H2,1-3H3;3H2,1-2H3;/q;-1;+1. The van der Waals surface area contributed by atoms with E-state index in [2.05, 4.69) is 26.1 Å². The fourth-order valence-corrected chi connectivity index (χ4v) is 3.18. The predicted octanol–water partition coefficient (Wildman–Crippen LogP) is 1.09. The summed E-state index contributed by atoms with van der Waals surface area (Å²) in [6, 6.07) is 0. The Morgan fingerprint density at radius 1 is 1.27 bits per heavy atom. The van der Waals surface area contributed by atoms with Crippen molar-refractivity contribution in [2.45, 2.75) is 47.0 Å². The summed E-state index contributed by atoms with van der Waals surface area (Å²) in [6.45, 7) is 10.3. The maximum Gasteiger partial charge on any atom is 1.00 e. The fraction of sp³-hybridized carbons (Fsp3) is 1.00. The van der Waals surface area contributed by atoms with E-state index >= 15 is 0 Å². The summed E-state index contributed by atoms with van der Waals surface area (Å²) in [4.78, 5) is 0. The topological polar surface area (TPSA) is 14.1 Å². The molecule has 3 atom stereocenters. The molecule has 84 valence electrons. The van der Waals surface area contributed by atoms with E-state index in [9.17, 15) is 0 Å². The largest absolute Gasteiger partial charge is 1.00 e. The van der Waals surface area contributed by atoms with Crippen molar-refractivity contribution in [2.75, 3.05) is 13.6 Å². The number of rotatable bonds is 1. The Morgan fingerprint density at radius 3 is 2.00 bits per heavy atom. The van der Waals surface area contributed by atoms with Gasteiger partial charge in [-0.05, 0) is 36.0 Å². The van der Waals surface area contributed by atoms with Crippen LogP contribution in [0.2, 0.25) is 0 Å². The van der Waals surface area contributed by atoms with Crippen molar-refractivity contribution in [3.63, 3.8) is 0 Å². The van der Waals surface area contributed by atoms with Gasteiger partial charge in [0.15, 0.2) is 0 Å². The van der Waals surface area contributed by atoms with E-state index in [-0.39, 0.29) is 51.4 Å². The molecule has 2 bridgehead atoms. The molecule has 0 aromatic carbocycles. The van der Waals surface area contributed by atoms with Gasteiger partial charge < -0.3 is 5.32 Å². The molecule has 0 amide bonds. The summed E-state index contributed by atoms with van der Waals surface area (Å²) in [5.74, 6) is 3.15. The third-order valence-corrected chi connectivity index (χ3v) is 4.52. The molecule has 3 aliphatic rings. The Labute approximate surface area is 139 Å². The van der Waals surface area contributed by atoms with Crippen molar-refractivity contribution < 1.29 is 51.4 Å². The first-order valence-corrected chi connectivity index (χ1v) is 6.09. The van der Waals surface area contributed by atoms with Gasteiger partial charge in [0.2, 0.25) is 0 Å². The molecule has 3 saturated carbocycles. The zero-order valence-corrected chi connectivity index (χ0v) is 14.6. The monoisotopic (exact) mass is 235 g/mol. The molecule has 3 aliphatic carbocycles. The van der Waals surface area contributed by atoms with E-state index < -0.39 is 0 Å². The van der Waals surface area contributed by atoms with E-state index in [1.165, 1.54) is 19.3 Å². The van der Waals surface area contributed by atoms with Gasteiger partial charge in [-0.15, -0.1) is 0 Å². The molecule has 0 aromatic rings. The quantitative estimate of drug-likeness (QED) is 0.604. The molecular weight excluding hydrogens is 209 g/mol. The van der Waals surface area contributed by atoms with Crippen LogP contribution >= 0.6 is 0 Å². The summed E-state index contributed by atoms with van der Waals surface area (Å²) >= 11 is 0. The van der Waals surface area contributed by atoms with Gasteiger partial charge in [-0.2, -0.15) is 13.6 Å². The van der Waals surface area contributed by atoms with Crippen molar-refractivity contribution >= 4 is 0 Å². The van der Waals surface area contributed by atoms with Crippen LogP contribution in [0.25, 0.3) is 5.32 Å². The minimum atomic E-state index is 0. The normalized spacial score (nSPS) is 35.4. The van der Waals surface area contributed by atoms with E-state index in [0.717, 1.165) is 24.3 Å². The summed E-state index contributed by atoms with van der Waals surface area (Å²) in [6.07, 6.45) is 4.54. The van der Waals surface area contributed by atoms with Crippen LogP contribution in [0.1, 0.15) is 47.0 Å². The summed E-state index contributed by atoms with van der Waals surface area (Å²) in [5.41, 5.74) is 0.706. The van der Waals surface area contributed by atoms with Gasteiger partial charge in [-0.1, -0.05) is 34.1 Å². The molecule has 0 aromatic heterocycles. The van der Waals surface area contributed by atoms with E-state index in [0.29, 0.717) is 5.41 Å². The van der Waals surface area contributed by atoms with E-state index in [1.54, 1.807) is 7.05 Å². The Kier molecular flexibility index (Phi) is 7.88. The van der Waals surface area contributed by atoms with Crippen LogP contribution in [-0.4, -0.2) is 13.6 Å². The van der Waals surface area contributed by atoms with Crippen LogP contribution in [-0.2, 0) is 0 Å². The second-order valence-electron chi connectivity index (χ2n) is 5.55. The Morgan fingerprint density at radius 2 is 1.80 bits per heavy atom. The van der Waals surface area contributed by atoms with Gasteiger partial charge in [0.1, 0.15) is 0 Å². The van der Waals surface area contributed by atoms with Gasteiger partial charge in [-0.25, -0.2) is 0 Å². The summed E-state index contributed by atoms with van der Waals surface area (Å²) in [5, 5.41) is 3.74. The molecule has 0 N–H and O–H groups in total. The first-order chi connectivity index (χ1) is 6.54. The van der Waals surface area contributed by atoms with Crippen molar-refractivity contribution in [1.29, 1.82) is 0 Å². The number of hydrogen-bond donors (Lipinski definition) is 0. The molecule has 0 aliphatic heterocycles. The molecule has 3 fully saturated rings. The number of hydrogen-bond acceptors (Lipinski definition) is 0. The molecular formula is C13H26KN. The number of fused-ring (bicyclic) bond motifs is 2. The van der Waals surface area contributed by atoms with Crippen molar-refractivity contribution in [3.05, 3.63) is 5.32 Å². The molecule has 3 unspecified atom stereocenters. The van der Waals surface area contributed by atoms with Gasteiger partial charge in [0.05, 0.1) is 0 Å². The van der Waals surface area contributed by atoms with Gasteiger partial charge >= 0.3 is 51.4 Å². The predicted molar refractivity (Wildman–Crippen MR) is 63.6 cm³/mol. The zero-order valence-electron chi connectivity index (χ0n) is 11.5. The molecule has 0 saturated heterocycles. The second kappa shape index (κ2) is 7.12. The molecule has 0 radical (unpaired) electrons. The van der Waals surface area contributed by atoms with Crippen LogP contribution in [0, 0.1) is 23.2 Å². The average Bonchev–Trinajstić information content (AvgIpc) is 2.17. The van der Waals surface area contributed by atoms with Crippen molar-refractivity contribution in [3.8, 4) is 0 Å². The average molecular weight is 235 g/mol. The Bertz CT molecular complexity index is 175. The van der Waals surface area contributed by atoms with Crippen molar-refractivity contribution in [2.24, 2.45) is 23.2 Å². The minimum Gasteiger partial charge on any atom is -0.665 e. The molecule has 2 heteroatoms. The Hall–Kier alpha value is 1.60. The van der Waals surface area contributed by atoms with Crippen LogP contribution in [0.15, 0.2) is 0 Å². The first-order valence-electron chi connectivity index (χ1n) is 6.09. The van der Waals surface area contributed by atoms with Crippen LogP contribution in [0.4, 0.5) is 0 Å². The molecule has 1 nitrogen and oxygen atoms in total. The zero-order chi connectivity index (χ0) is 10.8. The van der Waals surface area contributed by atoms with Crippen LogP contribution in [0.5, 0.6) is 0 Å². The Balaban J connectivity index is 0.000000346. The van der Waals surface area contributed by atoms with Gasteiger partial charge in [0, 0.05) is 0 Å². The third kappa shape index (κ3) is 3.79. The maximum atomic E-state index is 3.74. The SMILES string of the molecule is CC1CCC2CC1C2(C)C.CC[N-]C.[K+]. The van der Waals surface area contributed by atoms with E-state index in [4.69, 9.17) is 0 Å². The summed E-state index contributed by atoms with van der Waals surface area (Å²) in [7, 11) is 1.81. The molecule has 3 rings (SSSR count). The first kappa shape index (κ1) is 16.6. The molecule has 15 heavy (non-hydrogen) atoms. The van der Waals surface area contributed by atoms with E-state index in [1.807, 2.05) is 6.92 Å². The smallest absolute Gasteiger partial charge is 0.665 e. The van der Waals surface area contributed by atoms with Gasteiger partial charge in [-0.3, -0.25) is 0 Å². The fourth-order valence-electron chi connectivity index (χ4n) is 3.18.